The van der Waals surface area contributed by atoms with Crippen LogP contribution in [-0.2, 0) is 30.3 Å². The van der Waals surface area contributed by atoms with Gasteiger partial charge in [0.25, 0.3) is 0 Å². The van der Waals surface area contributed by atoms with Gasteiger partial charge in [-0.1, -0.05) is 86.3 Å². The van der Waals surface area contributed by atoms with E-state index in [9.17, 15) is 19.8 Å². The molecule has 2 aromatic rings. The van der Waals surface area contributed by atoms with Gasteiger partial charge >= 0.3 is 11.9 Å². The van der Waals surface area contributed by atoms with Crippen molar-refractivity contribution < 1.29 is 38.2 Å². The number of nitrogens with zero attached hydrogens (tertiary/aromatic N) is 2. The van der Waals surface area contributed by atoms with Crippen molar-refractivity contribution in [3.05, 3.63) is 71.8 Å². The van der Waals surface area contributed by atoms with Gasteiger partial charge in [0.05, 0.1) is 41.3 Å². The average Bonchev–Trinajstić information content (AvgIpc) is 3.87. The van der Waals surface area contributed by atoms with Crippen LogP contribution in [0.5, 0.6) is 0 Å². The maximum absolute atomic E-state index is 12.9. The number of quaternary nitrogens is 2. The third-order valence-electron chi connectivity index (χ3n) is 11.0. The Morgan fingerprint density at radius 2 is 0.913 bits per heavy atom. The van der Waals surface area contributed by atoms with Gasteiger partial charge in [0.1, 0.15) is 13.1 Å². The quantitative estimate of drug-likeness (QED) is 0.316. The Labute approximate surface area is 275 Å². The third-order valence-corrected chi connectivity index (χ3v) is 11.0. The zero-order valence-corrected chi connectivity index (χ0v) is 28.4. The fraction of sp³-hybridized carbons (Fsp3) is 0.632. The Morgan fingerprint density at radius 3 is 1.20 bits per heavy atom. The van der Waals surface area contributed by atoms with Gasteiger partial charge in [0.2, 0.25) is 0 Å². The van der Waals surface area contributed by atoms with Crippen LogP contribution in [0.1, 0.15) is 75.3 Å². The van der Waals surface area contributed by atoms with Gasteiger partial charge in [-0.05, 0) is 36.8 Å². The fourth-order valence-corrected chi connectivity index (χ4v) is 8.24. The molecule has 46 heavy (non-hydrogen) atoms. The van der Waals surface area contributed by atoms with E-state index in [1.165, 1.54) is 0 Å². The Balaban J connectivity index is 0.000000181. The zero-order chi connectivity index (χ0) is 33.0. The normalized spacial score (nSPS) is 26.8. The second-order valence-electron chi connectivity index (χ2n) is 15.5. The van der Waals surface area contributed by atoms with Crippen LogP contribution in [0.4, 0.5) is 0 Å². The summed E-state index contributed by atoms with van der Waals surface area (Å²) >= 11 is 0. The van der Waals surface area contributed by atoms with Crippen molar-refractivity contribution in [1.29, 1.82) is 0 Å². The van der Waals surface area contributed by atoms with Gasteiger partial charge in [-0.3, -0.25) is 0 Å². The number of carbonyl (C=O) groups excluding carboxylic acids is 2. The van der Waals surface area contributed by atoms with Gasteiger partial charge in [-0.25, -0.2) is 9.59 Å². The first-order chi connectivity index (χ1) is 21.8. The van der Waals surface area contributed by atoms with Crippen LogP contribution in [0, 0.1) is 11.8 Å². The molecular weight excluding hydrogens is 580 g/mol. The van der Waals surface area contributed by atoms with Gasteiger partial charge < -0.3 is 28.7 Å². The predicted molar refractivity (Wildman–Crippen MR) is 177 cm³/mol. The van der Waals surface area contributed by atoms with Crippen molar-refractivity contribution in [2.75, 3.05) is 54.4 Å². The van der Waals surface area contributed by atoms with Crippen LogP contribution in [0.2, 0.25) is 0 Å². The zero-order valence-electron chi connectivity index (χ0n) is 28.4. The molecule has 0 amide bonds. The molecular formula is C38H56N2O6+2. The van der Waals surface area contributed by atoms with Gasteiger partial charge in [0.15, 0.2) is 23.4 Å². The first-order valence-corrected chi connectivity index (χ1v) is 17.5. The number of likely N-dealkylation sites (tertiary alicyclic amines) is 2. The molecule has 0 aromatic heterocycles. The fourth-order valence-electron chi connectivity index (χ4n) is 8.24. The Bertz CT molecular complexity index is 1200. The highest BCUT2D eigenvalue weighted by Crippen LogP contribution is 2.43. The maximum atomic E-state index is 12.9. The van der Waals surface area contributed by atoms with Gasteiger partial charge in [0, 0.05) is 24.7 Å². The standard InChI is InChI=1S/2C19H28NO3/c2*1-20(2)13-12-17(14-20)23-18(21)19(22,16-10-6-7-11-16)15-8-4-3-5-9-15/h2*3-5,8-9,16-17,22H,6-7,10-14H2,1-2H3/q2*+1/t2*17-,19-/m10/s1. The lowest BCUT2D eigenvalue weighted by molar-refractivity contribution is -0.879. The molecule has 2 aromatic carbocycles. The second kappa shape index (κ2) is 14.1. The highest BCUT2D eigenvalue weighted by molar-refractivity contribution is 5.82. The van der Waals surface area contributed by atoms with Crippen molar-refractivity contribution >= 4 is 11.9 Å². The first-order valence-electron chi connectivity index (χ1n) is 17.5. The summed E-state index contributed by atoms with van der Waals surface area (Å²) in [4.78, 5) is 25.9. The largest absolute Gasteiger partial charge is 0.454 e. The molecule has 6 rings (SSSR count). The number of hydrogen-bond acceptors (Lipinski definition) is 6. The number of aliphatic hydroxyl groups is 2. The van der Waals surface area contributed by atoms with Gasteiger partial charge in [-0.15, -0.1) is 0 Å². The van der Waals surface area contributed by atoms with Gasteiger partial charge in [-0.2, -0.15) is 0 Å². The lowest BCUT2D eigenvalue weighted by Gasteiger charge is -2.33. The van der Waals surface area contributed by atoms with Crippen LogP contribution in [0.15, 0.2) is 60.7 Å². The topological polar surface area (TPSA) is 93.1 Å². The van der Waals surface area contributed by atoms with E-state index in [0.717, 1.165) is 99.4 Å². The van der Waals surface area contributed by atoms with E-state index in [1.807, 2.05) is 60.7 Å². The minimum absolute atomic E-state index is 0.0405. The van der Waals surface area contributed by atoms with Crippen molar-refractivity contribution in [2.45, 2.75) is 87.6 Å². The number of likely N-dealkylation sites (N-methyl/N-ethyl adjacent to an activating group) is 2. The number of hydrogen-bond donors (Lipinski definition) is 2. The van der Waals surface area contributed by atoms with E-state index in [2.05, 4.69) is 28.2 Å². The summed E-state index contributed by atoms with van der Waals surface area (Å²) in [5.41, 5.74) is -1.66. The molecule has 2 saturated heterocycles. The van der Waals surface area contributed by atoms with E-state index in [1.54, 1.807) is 0 Å². The maximum Gasteiger partial charge on any atom is 0.343 e. The number of ether oxygens (including phenoxy) is 2. The van der Waals surface area contributed by atoms with E-state index in [-0.39, 0.29) is 24.0 Å². The van der Waals surface area contributed by atoms with Crippen LogP contribution < -0.4 is 0 Å². The van der Waals surface area contributed by atoms with E-state index < -0.39 is 23.1 Å². The molecule has 0 bridgehead atoms. The molecule has 2 saturated carbocycles. The summed E-state index contributed by atoms with van der Waals surface area (Å²) in [5, 5.41) is 22.7. The molecule has 0 unspecified atom stereocenters. The molecule has 252 valence electrons. The number of esters is 2. The SMILES string of the molecule is C[N+]1(C)CC[C@@H](OC(=O)[C@@](O)(c2ccccc2)C2CCCC2)C1.C[N+]1(C)CC[C@H](OC(=O)[C@](O)(c2ccccc2)C2CCCC2)C1. The molecule has 2 aliphatic heterocycles. The number of carbonyl (C=O) groups is 2. The summed E-state index contributed by atoms with van der Waals surface area (Å²) in [6.07, 6.45) is 9.37. The highest BCUT2D eigenvalue weighted by Gasteiger charge is 2.50. The predicted octanol–water partition coefficient (Wildman–Crippen LogP) is 4.91. The van der Waals surface area contributed by atoms with Crippen LogP contribution >= 0.6 is 0 Å². The highest BCUT2D eigenvalue weighted by atomic mass is 16.6. The summed E-state index contributed by atoms with van der Waals surface area (Å²) in [7, 11) is 8.59. The van der Waals surface area contributed by atoms with Crippen LogP contribution in [0.3, 0.4) is 0 Å². The molecule has 8 nitrogen and oxygen atoms in total. The smallest absolute Gasteiger partial charge is 0.343 e. The molecule has 0 spiro atoms. The van der Waals surface area contributed by atoms with E-state index in [0.29, 0.717) is 11.1 Å². The summed E-state index contributed by atoms with van der Waals surface area (Å²) < 4.78 is 13.3. The van der Waals surface area contributed by atoms with Crippen molar-refractivity contribution in [3.63, 3.8) is 0 Å². The molecule has 2 aliphatic carbocycles. The van der Waals surface area contributed by atoms with E-state index >= 15 is 0 Å². The minimum atomic E-state index is -1.50. The second-order valence-corrected chi connectivity index (χ2v) is 15.5. The van der Waals surface area contributed by atoms with Crippen molar-refractivity contribution in [2.24, 2.45) is 11.8 Å². The third kappa shape index (κ3) is 7.67. The minimum Gasteiger partial charge on any atom is -0.454 e. The molecule has 0 radical (unpaired) electrons. The summed E-state index contributed by atoms with van der Waals surface area (Å²) in [6, 6.07) is 18.7. The lowest BCUT2D eigenvalue weighted by Crippen LogP contribution is -2.46. The lowest BCUT2D eigenvalue weighted by atomic mass is 9.80. The number of rotatable bonds is 8. The Morgan fingerprint density at radius 1 is 0.587 bits per heavy atom. The average molecular weight is 637 g/mol. The Kier molecular flexibility index (Phi) is 10.6. The monoisotopic (exact) mass is 636 g/mol. The van der Waals surface area contributed by atoms with Crippen molar-refractivity contribution in [3.8, 4) is 0 Å². The molecule has 4 fully saturated rings. The summed E-state index contributed by atoms with van der Waals surface area (Å²) in [5.74, 6) is -0.993. The van der Waals surface area contributed by atoms with E-state index in [4.69, 9.17) is 9.47 Å². The molecule has 8 heteroatoms. The van der Waals surface area contributed by atoms with Crippen LogP contribution in [0.25, 0.3) is 0 Å². The van der Waals surface area contributed by atoms with Crippen molar-refractivity contribution in [1.82, 2.24) is 0 Å². The first kappa shape index (κ1) is 34.6. The Hall–Kier alpha value is -2.78. The molecule has 2 N–H and O–H groups in total. The number of benzene rings is 2. The molecule has 4 atom stereocenters. The molecule has 2 heterocycles. The summed E-state index contributed by atoms with van der Waals surface area (Å²) in [6.45, 7) is 3.65. The van der Waals surface area contributed by atoms with Crippen LogP contribution in [-0.4, -0.2) is 97.7 Å². The molecule has 4 aliphatic rings.